The number of hydrogen-bond donors (Lipinski definition) is 1. The molecule has 0 aliphatic carbocycles. The van der Waals surface area contributed by atoms with E-state index in [0.29, 0.717) is 10.8 Å². The van der Waals surface area contributed by atoms with E-state index in [2.05, 4.69) is 10.3 Å². The number of urea groups is 1. The summed E-state index contributed by atoms with van der Waals surface area (Å²) < 4.78 is 0. The first-order valence-corrected chi connectivity index (χ1v) is 8.27. The molecule has 1 aliphatic rings. The first-order chi connectivity index (χ1) is 12.0. The van der Waals surface area contributed by atoms with Crippen molar-refractivity contribution in [2.24, 2.45) is 0 Å². The van der Waals surface area contributed by atoms with Crippen LogP contribution in [0.4, 0.5) is 9.93 Å². The maximum Gasteiger partial charge on any atom is 0.334 e. The molecule has 9 heteroatoms. The van der Waals surface area contributed by atoms with E-state index in [-0.39, 0.29) is 19.0 Å². The standard InChI is InChI=1S/C16H14N4O4S/c1-10(21)17-15-18-12(9-25-15)8-20-14(23)13(22)19(16(20)24)7-11-5-3-2-4-6-11/h2-6,9H,7-8H2,1H3,(H,17,18,21). The number of rotatable bonds is 5. The lowest BCUT2D eigenvalue weighted by Crippen LogP contribution is -2.32. The van der Waals surface area contributed by atoms with E-state index < -0.39 is 17.8 Å². The largest absolute Gasteiger partial charge is 0.334 e. The predicted octanol–water partition coefficient (Wildman–Crippen LogP) is 1.59. The summed E-state index contributed by atoms with van der Waals surface area (Å²) in [6, 6.07) is 8.27. The summed E-state index contributed by atoms with van der Waals surface area (Å²) in [4.78, 5) is 53.6. The molecular weight excluding hydrogens is 344 g/mol. The number of thiazole rings is 1. The first-order valence-electron chi connectivity index (χ1n) is 7.39. The van der Waals surface area contributed by atoms with Crippen LogP contribution in [-0.4, -0.2) is 38.5 Å². The molecule has 3 rings (SSSR count). The Hall–Kier alpha value is -3.07. The van der Waals surface area contributed by atoms with Gasteiger partial charge in [-0.3, -0.25) is 19.3 Å². The van der Waals surface area contributed by atoms with Crippen LogP contribution in [0.5, 0.6) is 0 Å². The van der Waals surface area contributed by atoms with E-state index in [9.17, 15) is 19.2 Å². The summed E-state index contributed by atoms with van der Waals surface area (Å²) in [5, 5.41) is 4.52. The molecule has 0 atom stereocenters. The second-order valence-corrected chi connectivity index (χ2v) is 6.23. The van der Waals surface area contributed by atoms with Crippen LogP contribution >= 0.6 is 11.3 Å². The zero-order valence-electron chi connectivity index (χ0n) is 13.3. The van der Waals surface area contributed by atoms with Crippen molar-refractivity contribution in [3.63, 3.8) is 0 Å². The Morgan fingerprint density at radius 1 is 1.08 bits per heavy atom. The number of anilines is 1. The lowest BCUT2D eigenvalue weighted by atomic mass is 10.2. The van der Waals surface area contributed by atoms with E-state index >= 15 is 0 Å². The first kappa shape index (κ1) is 16.8. The topological polar surface area (TPSA) is 99.7 Å². The van der Waals surface area contributed by atoms with Crippen LogP contribution in [0.1, 0.15) is 18.2 Å². The van der Waals surface area contributed by atoms with Crippen LogP contribution < -0.4 is 5.32 Å². The van der Waals surface area contributed by atoms with Gasteiger partial charge in [-0.25, -0.2) is 14.7 Å². The van der Waals surface area contributed by atoms with Crippen molar-refractivity contribution in [3.8, 4) is 0 Å². The van der Waals surface area contributed by atoms with Gasteiger partial charge in [0.2, 0.25) is 5.91 Å². The lowest BCUT2D eigenvalue weighted by molar-refractivity contribution is -0.143. The molecule has 1 aromatic heterocycles. The molecule has 128 valence electrons. The number of amides is 5. The fraction of sp³-hybridized carbons (Fsp3) is 0.188. The van der Waals surface area contributed by atoms with E-state index in [4.69, 9.17) is 0 Å². The molecule has 2 heterocycles. The Bertz CT molecular complexity index is 849. The lowest BCUT2D eigenvalue weighted by Gasteiger charge is -2.14. The van der Waals surface area contributed by atoms with Gasteiger partial charge in [-0.15, -0.1) is 11.3 Å². The van der Waals surface area contributed by atoms with Crippen LogP contribution in [0.2, 0.25) is 0 Å². The van der Waals surface area contributed by atoms with Crippen molar-refractivity contribution in [1.29, 1.82) is 0 Å². The van der Waals surface area contributed by atoms with Crippen molar-refractivity contribution < 1.29 is 19.2 Å². The average Bonchev–Trinajstić information content (AvgIpc) is 3.09. The van der Waals surface area contributed by atoms with Crippen molar-refractivity contribution >= 4 is 40.2 Å². The van der Waals surface area contributed by atoms with Gasteiger partial charge in [-0.1, -0.05) is 30.3 Å². The number of nitrogens with one attached hydrogen (secondary N) is 1. The molecule has 1 aliphatic heterocycles. The minimum Gasteiger partial charge on any atom is -0.302 e. The molecule has 1 fully saturated rings. The SMILES string of the molecule is CC(=O)Nc1nc(CN2C(=O)C(=O)N(Cc3ccccc3)C2=O)cs1. The van der Waals surface area contributed by atoms with Crippen LogP contribution in [0.15, 0.2) is 35.7 Å². The van der Waals surface area contributed by atoms with Crippen LogP contribution in [0.25, 0.3) is 0 Å². The third kappa shape index (κ3) is 3.56. The van der Waals surface area contributed by atoms with Crippen molar-refractivity contribution in [1.82, 2.24) is 14.8 Å². The Labute approximate surface area is 147 Å². The summed E-state index contributed by atoms with van der Waals surface area (Å²) in [6.07, 6.45) is 0. The summed E-state index contributed by atoms with van der Waals surface area (Å²) in [6.45, 7) is 1.27. The molecule has 5 amide bonds. The van der Waals surface area contributed by atoms with Crippen molar-refractivity contribution in [2.75, 3.05) is 5.32 Å². The average molecular weight is 358 g/mol. The molecule has 8 nitrogen and oxygen atoms in total. The van der Waals surface area contributed by atoms with Gasteiger partial charge in [0, 0.05) is 12.3 Å². The summed E-state index contributed by atoms with van der Waals surface area (Å²) in [7, 11) is 0. The number of imide groups is 2. The zero-order chi connectivity index (χ0) is 18.0. The molecule has 1 N–H and O–H groups in total. The smallest absolute Gasteiger partial charge is 0.302 e. The molecular formula is C16H14N4O4S. The predicted molar refractivity (Wildman–Crippen MR) is 89.4 cm³/mol. The van der Waals surface area contributed by atoms with Crippen molar-refractivity contribution in [3.05, 3.63) is 47.0 Å². The Balaban J connectivity index is 1.73. The Kier molecular flexibility index (Phi) is 4.57. The minimum atomic E-state index is -0.880. The fourth-order valence-electron chi connectivity index (χ4n) is 2.34. The monoisotopic (exact) mass is 358 g/mol. The highest BCUT2D eigenvalue weighted by Crippen LogP contribution is 2.21. The molecule has 0 radical (unpaired) electrons. The highest BCUT2D eigenvalue weighted by Gasteiger charge is 2.44. The Morgan fingerprint density at radius 2 is 1.72 bits per heavy atom. The quantitative estimate of drug-likeness (QED) is 0.646. The fourth-order valence-corrected chi connectivity index (χ4v) is 3.09. The van der Waals surface area contributed by atoms with E-state index in [1.807, 2.05) is 6.07 Å². The summed E-state index contributed by atoms with van der Waals surface area (Å²) in [5.74, 6) is -2.00. The Morgan fingerprint density at radius 3 is 2.36 bits per heavy atom. The van der Waals surface area contributed by atoms with Gasteiger partial charge in [0.1, 0.15) is 0 Å². The summed E-state index contributed by atoms with van der Waals surface area (Å²) >= 11 is 1.18. The van der Waals surface area contributed by atoms with E-state index in [1.54, 1.807) is 29.6 Å². The third-order valence-electron chi connectivity index (χ3n) is 3.47. The van der Waals surface area contributed by atoms with Crippen molar-refractivity contribution in [2.45, 2.75) is 20.0 Å². The second kappa shape index (κ2) is 6.81. The molecule has 0 saturated carbocycles. The highest BCUT2D eigenvalue weighted by atomic mass is 32.1. The van der Waals surface area contributed by atoms with Crippen LogP contribution in [0, 0.1) is 0 Å². The van der Waals surface area contributed by atoms with E-state index in [0.717, 1.165) is 15.4 Å². The van der Waals surface area contributed by atoms with Gasteiger partial charge in [0.15, 0.2) is 5.13 Å². The number of aromatic nitrogens is 1. The van der Waals surface area contributed by atoms with Gasteiger partial charge in [-0.2, -0.15) is 0 Å². The minimum absolute atomic E-state index is 0.0367. The normalized spacial score (nSPS) is 14.4. The number of hydrogen-bond acceptors (Lipinski definition) is 6. The molecule has 1 aromatic carbocycles. The number of nitrogens with zero attached hydrogens (tertiary/aromatic N) is 3. The highest BCUT2D eigenvalue weighted by molar-refractivity contribution is 7.13. The molecule has 1 saturated heterocycles. The van der Waals surface area contributed by atoms with Gasteiger partial charge < -0.3 is 5.32 Å². The zero-order valence-corrected chi connectivity index (χ0v) is 14.1. The van der Waals surface area contributed by atoms with Gasteiger partial charge in [-0.05, 0) is 5.56 Å². The van der Waals surface area contributed by atoms with E-state index in [1.165, 1.54) is 18.3 Å². The third-order valence-corrected chi connectivity index (χ3v) is 4.28. The number of carbonyl (C=O) groups is 4. The maximum atomic E-state index is 12.4. The molecule has 2 aromatic rings. The molecule has 0 spiro atoms. The number of carbonyl (C=O) groups excluding carboxylic acids is 4. The van der Waals surface area contributed by atoms with Crippen LogP contribution in [-0.2, 0) is 27.5 Å². The second-order valence-electron chi connectivity index (χ2n) is 5.38. The maximum absolute atomic E-state index is 12.4. The summed E-state index contributed by atoms with van der Waals surface area (Å²) in [5.41, 5.74) is 1.17. The van der Waals surface area contributed by atoms with Crippen LogP contribution in [0.3, 0.4) is 0 Å². The number of benzene rings is 1. The molecule has 0 unspecified atom stereocenters. The molecule has 25 heavy (non-hydrogen) atoms. The van der Waals surface area contributed by atoms with Gasteiger partial charge in [0.25, 0.3) is 0 Å². The van der Waals surface area contributed by atoms with Gasteiger partial charge >= 0.3 is 17.8 Å². The molecule has 0 bridgehead atoms. The van der Waals surface area contributed by atoms with Gasteiger partial charge in [0.05, 0.1) is 18.8 Å².